The lowest BCUT2D eigenvalue weighted by molar-refractivity contribution is -0.283. The summed E-state index contributed by atoms with van der Waals surface area (Å²) < 4.78 is 4.95. The van der Waals surface area contributed by atoms with Gasteiger partial charge < -0.3 is 14.5 Å². The minimum atomic E-state index is -0.611. The largest absolute Gasteiger partial charge is 0.462 e. The Balaban J connectivity index is 2.05. The molecule has 2 aromatic rings. The van der Waals surface area contributed by atoms with Crippen LogP contribution < -0.4 is 9.80 Å². The Morgan fingerprint density at radius 1 is 0.947 bits per heavy atom. The van der Waals surface area contributed by atoms with Crippen LogP contribution in [0.3, 0.4) is 0 Å². The smallest absolute Gasteiger partial charge is 0.348 e. The topological polar surface area (TPSA) is 79.4 Å². The Labute approximate surface area is 226 Å². The Bertz CT molecular complexity index is 1250. The molecule has 0 fully saturated rings. The van der Waals surface area contributed by atoms with Crippen molar-refractivity contribution < 1.29 is 19.3 Å². The first-order valence-corrected chi connectivity index (χ1v) is 12.5. The third-order valence-electron chi connectivity index (χ3n) is 5.95. The van der Waals surface area contributed by atoms with E-state index >= 15 is 0 Å². The third kappa shape index (κ3) is 8.77. The zero-order valence-electron chi connectivity index (χ0n) is 23.1. The third-order valence-corrected chi connectivity index (χ3v) is 5.95. The van der Waals surface area contributed by atoms with E-state index < -0.39 is 5.97 Å². The molecule has 2 aromatic carbocycles. The number of carbonyl (C=O) groups excluding carboxylic acids is 1. The summed E-state index contributed by atoms with van der Waals surface area (Å²) in [5.74, 6) is -0.611. The number of esters is 1. The standard InChI is InChI=1S/C30H36N4O4/c1-8-36-30(35)26(20-31)18-24-10-12-28(16-22(24)3)33(6)14-15-34(7)29-13-11-25(23(4)17-29)19-27(32-5)21-38-37-9-2/h10-13,16-19H,8-9,14-15,21H2,1-4,6-7H3/b26-18-,27-19-. The number of likely N-dealkylation sites (N-methyl/N-ethyl adjacent to an activating group) is 2. The maximum Gasteiger partial charge on any atom is 0.348 e. The Hall–Kier alpha value is -4.11. The molecule has 8 heteroatoms. The molecule has 0 aliphatic heterocycles. The lowest BCUT2D eigenvalue weighted by Gasteiger charge is -2.26. The summed E-state index contributed by atoms with van der Waals surface area (Å²) >= 11 is 0. The van der Waals surface area contributed by atoms with Gasteiger partial charge in [-0.15, -0.1) is 0 Å². The number of nitriles is 1. The van der Waals surface area contributed by atoms with E-state index in [-0.39, 0.29) is 18.8 Å². The van der Waals surface area contributed by atoms with Crippen LogP contribution in [0.15, 0.2) is 47.7 Å². The lowest BCUT2D eigenvalue weighted by Crippen LogP contribution is -2.30. The van der Waals surface area contributed by atoms with Crippen molar-refractivity contribution in [2.45, 2.75) is 27.7 Å². The number of aryl methyl sites for hydroxylation is 2. The lowest BCUT2D eigenvalue weighted by atomic mass is 10.0. The van der Waals surface area contributed by atoms with E-state index in [1.165, 1.54) is 0 Å². The second kappa shape index (κ2) is 15.2. The van der Waals surface area contributed by atoms with E-state index in [9.17, 15) is 10.1 Å². The highest BCUT2D eigenvalue weighted by atomic mass is 17.2. The molecule has 0 bridgehead atoms. The molecule has 200 valence electrons. The SMILES string of the molecule is [C-]#[N+]/C(=C\c1ccc(N(C)CCN(C)c2ccc(/C=C(/C#N)C(=O)OCC)c(C)c2)cc1C)COOCC. The first-order chi connectivity index (χ1) is 18.2. The highest BCUT2D eigenvalue weighted by Gasteiger charge is 2.12. The van der Waals surface area contributed by atoms with Crippen molar-refractivity contribution in [2.24, 2.45) is 0 Å². The van der Waals surface area contributed by atoms with Crippen LogP contribution in [0.2, 0.25) is 0 Å². The van der Waals surface area contributed by atoms with Crippen LogP contribution in [0.1, 0.15) is 36.1 Å². The average molecular weight is 517 g/mol. The molecule has 0 aliphatic carbocycles. The maximum absolute atomic E-state index is 11.9. The van der Waals surface area contributed by atoms with Gasteiger partial charge in [-0.3, -0.25) is 0 Å². The van der Waals surface area contributed by atoms with Crippen LogP contribution in [-0.2, 0) is 19.3 Å². The number of rotatable bonds is 13. The number of carbonyl (C=O) groups is 1. The van der Waals surface area contributed by atoms with E-state index in [4.69, 9.17) is 21.1 Å². The fraction of sp³-hybridized carbons (Fsp3) is 0.367. The molecule has 0 aliphatic rings. The minimum absolute atomic E-state index is 0.0152. The zero-order chi connectivity index (χ0) is 28.1. The van der Waals surface area contributed by atoms with Crippen LogP contribution in [0.25, 0.3) is 17.0 Å². The van der Waals surface area contributed by atoms with Crippen molar-refractivity contribution in [3.63, 3.8) is 0 Å². The van der Waals surface area contributed by atoms with E-state index in [2.05, 4.69) is 27.8 Å². The molecular formula is C30H36N4O4. The molecule has 0 radical (unpaired) electrons. The van der Waals surface area contributed by atoms with Gasteiger partial charge >= 0.3 is 5.97 Å². The van der Waals surface area contributed by atoms with Gasteiger partial charge in [0, 0.05) is 38.6 Å². The normalized spacial score (nSPS) is 11.5. The van der Waals surface area contributed by atoms with Gasteiger partial charge in [-0.1, -0.05) is 18.2 Å². The van der Waals surface area contributed by atoms with E-state index in [0.717, 1.165) is 46.7 Å². The maximum atomic E-state index is 11.9. The molecule has 0 aromatic heterocycles. The van der Waals surface area contributed by atoms with Gasteiger partial charge in [-0.2, -0.15) is 5.26 Å². The summed E-state index contributed by atoms with van der Waals surface area (Å²) in [5, 5.41) is 9.30. The molecule has 0 atom stereocenters. The Morgan fingerprint density at radius 3 is 1.95 bits per heavy atom. The Morgan fingerprint density at radius 2 is 1.50 bits per heavy atom. The number of hydrogen-bond donors (Lipinski definition) is 0. The van der Waals surface area contributed by atoms with Crippen molar-refractivity contribution in [1.29, 1.82) is 5.26 Å². The van der Waals surface area contributed by atoms with Crippen LogP contribution in [0, 0.1) is 31.8 Å². The number of ether oxygens (including phenoxy) is 1. The molecule has 0 N–H and O–H groups in total. The van der Waals surface area contributed by atoms with Gasteiger partial charge in [0.25, 0.3) is 0 Å². The number of benzene rings is 2. The molecule has 38 heavy (non-hydrogen) atoms. The molecule has 0 unspecified atom stereocenters. The molecule has 0 saturated heterocycles. The molecule has 0 heterocycles. The van der Waals surface area contributed by atoms with E-state index in [1.807, 2.05) is 70.3 Å². The predicted molar refractivity (Wildman–Crippen MR) is 151 cm³/mol. The van der Waals surface area contributed by atoms with Crippen LogP contribution >= 0.6 is 0 Å². The van der Waals surface area contributed by atoms with Crippen LogP contribution in [-0.4, -0.2) is 53.0 Å². The first kappa shape index (κ1) is 30.1. The van der Waals surface area contributed by atoms with Gasteiger partial charge in [-0.25, -0.2) is 19.4 Å². The highest BCUT2D eigenvalue weighted by molar-refractivity contribution is 5.98. The van der Waals surface area contributed by atoms with Gasteiger partial charge in [0.2, 0.25) is 0 Å². The fourth-order valence-electron chi connectivity index (χ4n) is 3.65. The highest BCUT2D eigenvalue weighted by Crippen LogP contribution is 2.23. The minimum Gasteiger partial charge on any atom is -0.462 e. The van der Waals surface area contributed by atoms with Gasteiger partial charge in [0.1, 0.15) is 18.2 Å². The summed E-state index contributed by atoms with van der Waals surface area (Å²) in [6, 6.07) is 14.0. The van der Waals surface area contributed by atoms with Gasteiger partial charge in [-0.05, 0) is 80.3 Å². The van der Waals surface area contributed by atoms with Crippen LogP contribution in [0.5, 0.6) is 0 Å². The molecule has 8 nitrogen and oxygen atoms in total. The first-order valence-electron chi connectivity index (χ1n) is 12.5. The summed E-state index contributed by atoms with van der Waals surface area (Å²) in [5.41, 5.74) is 6.40. The molecule has 2 rings (SSSR count). The molecule has 0 spiro atoms. The van der Waals surface area contributed by atoms with Gasteiger partial charge in [0.05, 0.1) is 19.8 Å². The van der Waals surface area contributed by atoms with E-state index in [1.54, 1.807) is 13.0 Å². The zero-order valence-corrected chi connectivity index (χ0v) is 23.1. The predicted octanol–water partition coefficient (Wildman–Crippen LogP) is 5.57. The number of hydrogen-bond acceptors (Lipinski definition) is 7. The van der Waals surface area contributed by atoms with Gasteiger partial charge in [0.15, 0.2) is 5.70 Å². The Kier molecular flexibility index (Phi) is 12.1. The summed E-state index contributed by atoms with van der Waals surface area (Å²) in [7, 11) is 4.09. The van der Waals surface area contributed by atoms with Crippen molar-refractivity contribution in [2.75, 3.05) is 56.8 Å². The quantitative estimate of drug-likeness (QED) is 0.0655. The van der Waals surface area contributed by atoms with Crippen LogP contribution in [0.4, 0.5) is 11.4 Å². The molecule has 0 saturated carbocycles. The van der Waals surface area contributed by atoms with Crippen molar-refractivity contribution in [3.8, 4) is 6.07 Å². The van der Waals surface area contributed by atoms with E-state index in [0.29, 0.717) is 12.3 Å². The second-order valence-corrected chi connectivity index (χ2v) is 8.73. The van der Waals surface area contributed by atoms with Crippen molar-refractivity contribution >= 4 is 29.5 Å². The fourth-order valence-corrected chi connectivity index (χ4v) is 3.65. The molecule has 0 amide bonds. The number of anilines is 2. The monoisotopic (exact) mass is 516 g/mol. The summed E-state index contributed by atoms with van der Waals surface area (Å²) in [4.78, 5) is 29.7. The average Bonchev–Trinajstić information content (AvgIpc) is 2.91. The summed E-state index contributed by atoms with van der Waals surface area (Å²) in [6.07, 6.45) is 3.39. The number of nitrogens with zero attached hydrogens (tertiary/aromatic N) is 4. The van der Waals surface area contributed by atoms with Crippen molar-refractivity contribution in [1.82, 2.24) is 0 Å². The molecular weight excluding hydrogens is 480 g/mol. The second-order valence-electron chi connectivity index (χ2n) is 8.73. The summed E-state index contributed by atoms with van der Waals surface area (Å²) in [6.45, 7) is 17.2. The van der Waals surface area contributed by atoms with Crippen molar-refractivity contribution in [3.05, 3.63) is 81.3 Å².